The molecule has 1 aliphatic carbocycles. The molecule has 0 unspecified atom stereocenters. The molecule has 0 aromatic carbocycles. The van der Waals surface area contributed by atoms with Crippen LogP contribution in [0, 0.1) is 0 Å². The minimum Gasteiger partial charge on any atom is -0.468 e. The molecule has 1 aromatic rings. The van der Waals surface area contributed by atoms with E-state index in [1.807, 2.05) is 6.26 Å². The third-order valence-electron chi connectivity index (χ3n) is 4.31. The molecule has 0 atom stereocenters. The van der Waals surface area contributed by atoms with Gasteiger partial charge in [-0.2, -0.15) is 0 Å². The summed E-state index contributed by atoms with van der Waals surface area (Å²) in [6, 6.07) is 2.90. The first-order chi connectivity index (χ1) is 9.42. The molecule has 0 bridgehead atoms. The Balaban J connectivity index is 1.53. The van der Waals surface area contributed by atoms with Gasteiger partial charge in [0.1, 0.15) is 5.76 Å². The quantitative estimate of drug-likeness (QED) is 0.882. The highest BCUT2D eigenvalue weighted by Gasteiger charge is 2.21. The van der Waals surface area contributed by atoms with Crippen molar-refractivity contribution < 1.29 is 4.42 Å². The van der Waals surface area contributed by atoms with Gasteiger partial charge in [-0.3, -0.25) is 4.90 Å². The molecule has 2 aliphatic rings. The van der Waals surface area contributed by atoms with Crippen LogP contribution in [0.25, 0.3) is 0 Å². The van der Waals surface area contributed by atoms with Gasteiger partial charge in [-0.15, -0.1) is 0 Å². The molecule has 3 nitrogen and oxygen atoms in total. The van der Waals surface area contributed by atoms with Crippen molar-refractivity contribution in [2.45, 2.75) is 64.1 Å². The zero-order valence-corrected chi connectivity index (χ0v) is 11.9. The zero-order valence-electron chi connectivity index (χ0n) is 11.9. The van der Waals surface area contributed by atoms with E-state index in [-0.39, 0.29) is 0 Å². The number of likely N-dealkylation sites (tertiary alicyclic amines) is 1. The van der Waals surface area contributed by atoms with Crippen LogP contribution in [0.3, 0.4) is 0 Å². The minimum atomic E-state index is 0.768. The molecule has 1 aromatic heterocycles. The van der Waals surface area contributed by atoms with Crippen LogP contribution >= 0.6 is 0 Å². The maximum atomic E-state index is 5.71. The Morgan fingerprint density at radius 1 is 1.11 bits per heavy atom. The summed E-state index contributed by atoms with van der Waals surface area (Å²) in [5.74, 6) is 1.17. The first kappa shape index (κ1) is 13.2. The lowest BCUT2D eigenvalue weighted by atomic mass is 10.1. The van der Waals surface area contributed by atoms with Crippen molar-refractivity contribution in [2.24, 2.45) is 0 Å². The number of nitrogens with one attached hydrogen (secondary N) is 1. The molecule has 106 valence electrons. The molecule has 19 heavy (non-hydrogen) atoms. The van der Waals surface area contributed by atoms with Crippen LogP contribution in [0.5, 0.6) is 0 Å². The molecule has 0 amide bonds. The second-order valence-electron chi connectivity index (χ2n) is 6.07. The average molecular weight is 262 g/mol. The predicted octanol–water partition coefficient (Wildman–Crippen LogP) is 3.30. The standard InChI is InChI=1S/C16H26N2O/c1-2-4-9-18(10-5-3-1)13-16-14(8-11-19-16)12-17-15-6-7-15/h8,11,15,17H,1-7,9-10,12-13H2. The topological polar surface area (TPSA) is 28.4 Å². The molecule has 1 saturated heterocycles. The minimum absolute atomic E-state index is 0.768. The van der Waals surface area contributed by atoms with E-state index in [2.05, 4.69) is 16.3 Å². The zero-order chi connectivity index (χ0) is 12.9. The smallest absolute Gasteiger partial charge is 0.122 e. The Morgan fingerprint density at radius 2 is 1.84 bits per heavy atom. The molecule has 2 heterocycles. The summed E-state index contributed by atoms with van der Waals surface area (Å²) in [5, 5.41) is 3.58. The molecule has 3 rings (SSSR count). The Labute approximate surface area is 116 Å². The molecule has 0 radical (unpaired) electrons. The van der Waals surface area contributed by atoms with Gasteiger partial charge in [0.15, 0.2) is 0 Å². The van der Waals surface area contributed by atoms with Gasteiger partial charge in [-0.05, 0) is 44.8 Å². The molecule has 3 heteroatoms. The Hall–Kier alpha value is -0.800. The fourth-order valence-electron chi connectivity index (χ4n) is 2.88. The summed E-state index contributed by atoms with van der Waals surface area (Å²) in [4.78, 5) is 2.57. The molecule has 2 fully saturated rings. The maximum absolute atomic E-state index is 5.71. The van der Waals surface area contributed by atoms with Gasteiger partial charge in [-0.25, -0.2) is 0 Å². The van der Waals surface area contributed by atoms with E-state index in [1.54, 1.807) is 0 Å². The predicted molar refractivity (Wildman–Crippen MR) is 76.9 cm³/mol. The molecular formula is C16H26N2O. The second kappa shape index (κ2) is 6.58. The summed E-state index contributed by atoms with van der Waals surface area (Å²) in [6.07, 6.45) is 11.4. The van der Waals surface area contributed by atoms with Crippen molar-refractivity contribution in [3.8, 4) is 0 Å². The van der Waals surface area contributed by atoms with Crippen LogP contribution in [0.4, 0.5) is 0 Å². The summed E-state index contributed by atoms with van der Waals surface area (Å²) >= 11 is 0. The Bertz CT molecular complexity index is 376. The SMILES string of the molecule is c1cc(CNC2CC2)c(CN2CCCCCCC2)o1. The van der Waals surface area contributed by atoms with Crippen LogP contribution < -0.4 is 5.32 Å². The van der Waals surface area contributed by atoms with Crippen molar-refractivity contribution >= 4 is 0 Å². The van der Waals surface area contributed by atoms with Crippen molar-refractivity contribution in [1.29, 1.82) is 0 Å². The van der Waals surface area contributed by atoms with E-state index in [9.17, 15) is 0 Å². The number of rotatable bonds is 5. The lowest BCUT2D eigenvalue weighted by Crippen LogP contribution is -2.27. The lowest BCUT2D eigenvalue weighted by molar-refractivity contribution is 0.221. The van der Waals surface area contributed by atoms with Gasteiger partial charge in [0.25, 0.3) is 0 Å². The average Bonchev–Trinajstić information content (AvgIpc) is 3.10. The molecule has 1 N–H and O–H groups in total. The van der Waals surface area contributed by atoms with Gasteiger partial charge in [-0.1, -0.05) is 19.3 Å². The summed E-state index contributed by atoms with van der Waals surface area (Å²) < 4.78 is 5.71. The van der Waals surface area contributed by atoms with Gasteiger partial charge in [0.05, 0.1) is 12.8 Å². The monoisotopic (exact) mass is 262 g/mol. The number of nitrogens with zero attached hydrogens (tertiary/aromatic N) is 1. The highest BCUT2D eigenvalue weighted by Crippen LogP contribution is 2.21. The Morgan fingerprint density at radius 3 is 2.58 bits per heavy atom. The fraction of sp³-hybridized carbons (Fsp3) is 0.750. The summed E-state index contributed by atoms with van der Waals surface area (Å²) in [6.45, 7) is 4.44. The van der Waals surface area contributed by atoms with Crippen LogP contribution in [0.2, 0.25) is 0 Å². The van der Waals surface area contributed by atoms with Crippen molar-refractivity contribution in [1.82, 2.24) is 10.2 Å². The summed E-state index contributed by atoms with van der Waals surface area (Å²) in [5.41, 5.74) is 1.36. The lowest BCUT2D eigenvalue weighted by Gasteiger charge is -2.23. The van der Waals surface area contributed by atoms with E-state index in [4.69, 9.17) is 4.42 Å². The molecule has 1 aliphatic heterocycles. The van der Waals surface area contributed by atoms with E-state index in [1.165, 1.54) is 69.4 Å². The van der Waals surface area contributed by atoms with Gasteiger partial charge in [0, 0.05) is 18.2 Å². The Kier molecular flexibility index (Phi) is 4.57. The highest BCUT2D eigenvalue weighted by atomic mass is 16.3. The van der Waals surface area contributed by atoms with E-state index >= 15 is 0 Å². The van der Waals surface area contributed by atoms with E-state index < -0.39 is 0 Å². The summed E-state index contributed by atoms with van der Waals surface area (Å²) in [7, 11) is 0. The van der Waals surface area contributed by atoms with Crippen LogP contribution in [0.1, 0.15) is 56.3 Å². The largest absolute Gasteiger partial charge is 0.468 e. The first-order valence-electron chi connectivity index (χ1n) is 7.93. The third-order valence-corrected chi connectivity index (χ3v) is 4.31. The van der Waals surface area contributed by atoms with Crippen LogP contribution in [-0.4, -0.2) is 24.0 Å². The van der Waals surface area contributed by atoms with Gasteiger partial charge >= 0.3 is 0 Å². The van der Waals surface area contributed by atoms with Crippen LogP contribution in [0.15, 0.2) is 16.7 Å². The van der Waals surface area contributed by atoms with Crippen molar-refractivity contribution in [3.05, 3.63) is 23.7 Å². The van der Waals surface area contributed by atoms with Crippen molar-refractivity contribution in [2.75, 3.05) is 13.1 Å². The highest BCUT2D eigenvalue weighted by molar-refractivity contribution is 5.17. The molecule has 1 saturated carbocycles. The van der Waals surface area contributed by atoms with Gasteiger partial charge < -0.3 is 9.73 Å². The number of hydrogen-bond donors (Lipinski definition) is 1. The maximum Gasteiger partial charge on any atom is 0.122 e. The fourth-order valence-corrected chi connectivity index (χ4v) is 2.88. The first-order valence-corrected chi connectivity index (χ1v) is 7.93. The molecular weight excluding hydrogens is 236 g/mol. The number of hydrogen-bond acceptors (Lipinski definition) is 3. The third kappa shape index (κ3) is 4.08. The van der Waals surface area contributed by atoms with Crippen LogP contribution in [-0.2, 0) is 13.1 Å². The van der Waals surface area contributed by atoms with Crippen molar-refractivity contribution in [3.63, 3.8) is 0 Å². The van der Waals surface area contributed by atoms with Gasteiger partial charge in [0.2, 0.25) is 0 Å². The second-order valence-corrected chi connectivity index (χ2v) is 6.07. The molecule has 0 spiro atoms. The van der Waals surface area contributed by atoms with E-state index in [0.717, 1.165) is 19.1 Å². The number of furan rings is 1. The van der Waals surface area contributed by atoms with E-state index in [0.29, 0.717) is 0 Å². The normalized spacial score (nSPS) is 22.1.